The van der Waals surface area contributed by atoms with E-state index in [1.807, 2.05) is 12.4 Å². The first kappa shape index (κ1) is 12.2. The van der Waals surface area contributed by atoms with Gasteiger partial charge in [-0.05, 0) is 18.3 Å². The lowest BCUT2D eigenvalue weighted by molar-refractivity contribution is 0.556. The van der Waals surface area contributed by atoms with E-state index >= 15 is 0 Å². The van der Waals surface area contributed by atoms with Crippen molar-refractivity contribution in [2.75, 3.05) is 0 Å². The highest BCUT2D eigenvalue weighted by Gasteiger charge is 1.92. The van der Waals surface area contributed by atoms with Gasteiger partial charge in [-0.1, -0.05) is 45.1 Å². The van der Waals surface area contributed by atoms with Crippen molar-refractivity contribution < 1.29 is 4.79 Å². The summed E-state index contributed by atoms with van der Waals surface area (Å²) < 4.78 is 0. The van der Waals surface area contributed by atoms with E-state index in [-0.39, 0.29) is 0 Å². The van der Waals surface area contributed by atoms with Crippen molar-refractivity contribution in [2.45, 2.75) is 33.6 Å². The lowest BCUT2D eigenvalue weighted by Gasteiger charge is -2.00. The Morgan fingerprint density at radius 3 is 2.38 bits per heavy atom. The Balaban J connectivity index is 3.61. The molecule has 1 heteroatoms. The molecule has 0 heterocycles. The van der Waals surface area contributed by atoms with Gasteiger partial charge in [0, 0.05) is 6.42 Å². The summed E-state index contributed by atoms with van der Waals surface area (Å²) in [6.07, 6.45) is 11.7. The second kappa shape index (κ2) is 7.78. The van der Waals surface area contributed by atoms with Crippen molar-refractivity contribution >= 4 is 6.29 Å². The first-order valence-electron chi connectivity index (χ1n) is 4.85. The molecular formula is C12H19O. The zero-order valence-corrected chi connectivity index (χ0v) is 8.79. The third-order valence-corrected chi connectivity index (χ3v) is 1.69. The summed E-state index contributed by atoms with van der Waals surface area (Å²) in [5.74, 6) is 1.14. The van der Waals surface area contributed by atoms with Crippen molar-refractivity contribution in [3.05, 3.63) is 24.3 Å². The minimum absolute atomic E-state index is 0.415. The van der Waals surface area contributed by atoms with Gasteiger partial charge in [-0.15, -0.1) is 0 Å². The summed E-state index contributed by atoms with van der Waals surface area (Å²) in [6, 6.07) is 0. The highest BCUT2D eigenvalue weighted by molar-refractivity contribution is 5.52. The number of allylic oxidation sites excluding steroid dienone is 4. The van der Waals surface area contributed by atoms with Crippen LogP contribution in [0.1, 0.15) is 33.6 Å². The largest absolute Gasteiger partial charge is 0.291 e. The molecule has 0 aliphatic rings. The van der Waals surface area contributed by atoms with E-state index in [1.165, 1.54) is 0 Å². The molecule has 1 nitrogen and oxygen atoms in total. The molecule has 0 aromatic carbocycles. The van der Waals surface area contributed by atoms with Gasteiger partial charge in [-0.25, -0.2) is 0 Å². The summed E-state index contributed by atoms with van der Waals surface area (Å²) in [5.41, 5.74) is 0. The zero-order valence-electron chi connectivity index (χ0n) is 8.79. The van der Waals surface area contributed by atoms with Gasteiger partial charge in [0.05, 0.1) is 0 Å². The normalized spacial score (nSPS) is 14.5. The molecule has 73 valence electrons. The average Bonchev–Trinajstić information content (AvgIpc) is 2.04. The molecule has 0 amide bonds. The molecule has 0 N–H and O–H groups in total. The first-order valence-corrected chi connectivity index (χ1v) is 4.85. The molecule has 1 unspecified atom stereocenters. The molecule has 0 saturated heterocycles. The van der Waals surface area contributed by atoms with Crippen LogP contribution in [0.4, 0.5) is 0 Å². The smallest absolute Gasteiger partial charge is 0.202 e. The van der Waals surface area contributed by atoms with Crippen molar-refractivity contribution in [1.29, 1.82) is 0 Å². The number of hydrogen-bond acceptors (Lipinski definition) is 1. The summed E-state index contributed by atoms with van der Waals surface area (Å²) in [6.45, 7) is 6.47. The molecule has 0 spiro atoms. The van der Waals surface area contributed by atoms with Crippen LogP contribution >= 0.6 is 0 Å². The predicted molar refractivity (Wildman–Crippen MR) is 57.2 cm³/mol. The molecule has 0 fully saturated rings. The third kappa shape index (κ3) is 9.06. The minimum atomic E-state index is 0.415. The first-order chi connectivity index (χ1) is 6.16. The number of carbonyl (C=O) groups excluding carboxylic acids is 1. The lowest BCUT2D eigenvalue weighted by atomic mass is 10.1. The fraction of sp³-hybridized carbons (Fsp3) is 0.583. The highest BCUT2D eigenvalue weighted by Crippen LogP contribution is 2.06. The zero-order chi connectivity index (χ0) is 10.1. The second-order valence-electron chi connectivity index (χ2n) is 3.66. The third-order valence-electron chi connectivity index (χ3n) is 1.69. The van der Waals surface area contributed by atoms with Crippen LogP contribution in [0.25, 0.3) is 0 Å². The lowest BCUT2D eigenvalue weighted by Crippen LogP contribution is -1.87. The molecule has 0 bridgehead atoms. The Kier molecular flexibility index (Phi) is 7.27. The maximum Gasteiger partial charge on any atom is 0.202 e. The quantitative estimate of drug-likeness (QED) is 0.572. The van der Waals surface area contributed by atoms with E-state index in [1.54, 1.807) is 0 Å². The molecule has 0 aromatic heterocycles. The minimum Gasteiger partial charge on any atom is -0.291 e. The molecule has 1 radical (unpaired) electrons. The van der Waals surface area contributed by atoms with Crippen LogP contribution < -0.4 is 0 Å². The standard InChI is InChI=1S/C12H19O/c1-11(2)7-6-9-12(3)8-4-5-10-13/h4,6-8,11-12H,5,9H2,1-3H3/b7-6+,8-4+. The topological polar surface area (TPSA) is 17.1 Å². The van der Waals surface area contributed by atoms with Crippen LogP contribution in [0.15, 0.2) is 24.3 Å². The monoisotopic (exact) mass is 179 g/mol. The Labute approximate surface area is 81.5 Å². The van der Waals surface area contributed by atoms with Crippen molar-refractivity contribution in [1.82, 2.24) is 0 Å². The van der Waals surface area contributed by atoms with Crippen LogP contribution in [-0.4, -0.2) is 6.29 Å². The van der Waals surface area contributed by atoms with E-state index in [4.69, 9.17) is 0 Å². The Morgan fingerprint density at radius 1 is 1.15 bits per heavy atom. The van der Waals surface area contributed by atoms with Crippen molar-refractivity contribution in [3.63, 3.8) is 0 Å². The number of rotatable bonds is 6. The van der Waals surface area contributed by atoms with Crippen LogP contribution in [0.2, 0.25) is 0 Å². The van der Waals surface area contributed by atoms with Crippen molar-refractivity contribution in [2.24, 2.45) is 11.8 Å². The van der Waals surface area contributed by atoms with E-state index in [2.05, 4.69) is 39.0 Å². The molecule has 1 atom stereocenters. The summed E-state index contributed by atoms with van der Waals surface area (Å²) in [7, 11) is 0. The molecule has 0 aliphatic carbocycles. The van der Waals surface area contributed by atoms with Gasteiger partial charge in [0.2, 0.25) is 6.29 Å². The molecule has 13 heavy (non-hydrogen) atoms. The van der Waals surface area contributed by atoms with Gasteiger partial charge >= 0.3 is 0 Å². The molecule has 0 saturated carbocycles. The van der Waals surface area contributed by atoms with Gasteiger partial charge in [-0.3, -0.25) is 4.79 Å². The van der Waals surface area contributed by atoms with Gasteiger partial charge in [-0.2, -0.15) is 0 Å². The predicted octanol–water partition coefficient (Wildman–Crippen LogP) is 3.28. The van der Waals surface area contributed by atoms with Crippen LogP contribution in [-0.2, 0) is 4.79 Å². The van der Waals surface area contributed by atoms with E-state index in [0.717, 1.165) is 6.42 Å². The van der Waals surface area contributed by atoms with Crippen LogP contribution in [0, 0.1) is 11.8 Å². The van der Waals surface area contributed by atoms with E-state index < -0.39 is 0 Å². The van der Waals surface area contributed by atoms with Gasteiger partial charge in [0.25, 0.3) is 0 Å². The molecule has 0 aliphatic heterocycles. The maximum absolute atomic E-state index is 9.90. The SMILES string of the molecule is CC(C)/C=C/CC(C)/C=C/C[C]=O. The van der Waals surface area contributed by atoms with Crippen LogP contribution in [0.3, 0.4) is 0 Å². The summed E-state index contributed by atoms with van der Waals surface area (Å²) >= 11 is 0. The highest BCUT2D eigenvalue weighted by atomic mass is 16.1. The van der Waals surface area contributed by atoms with Gasteiger partial charge < -0.3 is 0 Å². The molecular weight excluding hydrogens is 160 g/mol. The maximum atomic E-state index is 9.90. The molecule has 0 aromatic rings. The van der Waals surface area contributed by atoms with E-state index in [0.29, 0.717) is 18.3 Å². The Bertz CT molecular complexity index is 178. The Morgan fingerprint density at radius 2 is 1.85 bits per heavy atom. The molecule has 0 rings (SSSR count). The van der Waals surface area contributed by atoms with Crippen LogP contribution in [0.5, 0.6) is 0 Å². The Hall–Kier alpha value is -0.850. The summed E-state index contributed by atoms with van der Waals surface area (Å²) in [4.78, 5) is 9.90. The average molecular weight is 179 g/mol. The second-order valence-corrected chi connectivity index (χ2v) is 3.66. The van der Waals surface area contributed by atoms with E-state index in [9.17, 15) is 4.79 Å². The fourth-order valence-corrected chi connectivity index (χ4v) is 0.992. The summed E-state index contributed by atoms with van der Waals surface area (Å²) in [5, 5.41) is 0. The fourth-order valence-electron chi connectivity index (χ4n) is 0.992. The van der Waals surface area contributed by atoms with Gasteiger partial charge in [0.15, 0.2) is 0 Å². The van der Waals surface area contributed by atoms with Crippen molar-refractivity contribution in [3.8, 4) is 0 Å². The number of hydrogen-bond donors (Lipinski definition) is 0. The van der Waals surface area contributed by atoms with Gasteiger partial charge in [0.1, 0.15) is 0 Å².